The quantitative estimate of drug-likeness (QED) is 0.789. The molecule has 0 aliphatic carbocycles. The lowest BCUT2D eigenvalue weighted by Gasteiger charge is -2.34. The first-order valence-electron chi connectivity index (χ1n) is 9.20. The Morgan fingerprint density at radius 2 is 1.70 bits per heavy atom. The molecule has 3 rings (SSSR count). The van der Waals surface area contributed by atoms with Gasteiger partial charge in [0.1, 0.15) is 0 Å². The monoisotopic (exact) mass is 397 g/mol. The molecule has 1 aromatic carbocycles. The lowest BCUT2D eigenvalue weighted by atomic mass is 10.2. The first kappa shape index (κ1) is 20.2. The molecular weight excluding hydrogens is 370 g/mol. The summed E-state index contributed by atoms with van der Waals surface area (Å²) in [5.41, 5.74) is 0.579. The Morgan fingerprint density at radius 3 is 2.30 bits per heavy atom. The number of anilines is 1. The Balaban J connectivity index is 1.58. The van der Waals surface area contributed by atoms with Crippen LogP contribution in [0.2, 0.25) is 0 Å². The summed E-state index contributed by atoms with van der Waals surface area (Å²) in [6.45, 7) is 7.24. The van der Waals surface area contributed by atoms with E-state index in [1.807, 2.05) is 13.8 Å². The predicted octanol–water partition coefficient (Wildman–Crippen LogP) is 0.755. The lowest BCUT2D eigenvalue weighted by Crippen LogP contribution is -2.48. The number of carbonyl (C=O) groups excluding carboxylic acids is 1. The standard InChI is InChI=1S/C18H27N3O5S/c1-14-11-20(12-15(2)26-14)13-18(22)19-16-3-5-17(6-4-16)27(23,24)21-7-9-25-10-8-21/h3-6,14-15H,7-13H2,1-2H3,(H,19,22)/t14-,15+. The van der Waals surface area contributed by atoms with Crippen molar-refractivity contribution in [2.45, 2.75) is 31.0 Å². The average Bonchev–Trinajstić information content (AvgIpc) is 2.62. The summed E-state index contributed by atoms with van der Waals surface area (Å²) in [6.07, 6.45) is 0.206. The van der Waals surface area contributed by atoms with Crippen LogP contribution < -0.4 is 5.32 Å². The number of nitrogens with zero attached hydrogens (tertiary/aromatic N) is 2. The van der Waals surface area contributed by atoms with Crippen molar-refractivity contribution in [2.24, 2.45) is 0 Å². The van der Waals surface area contributed by atoms with Crippen LogP contribution in [0.15, 0.2) is 29.2 Å². The summed E-state index contributed by atoms with van der Waals surface area (Å²) in [5, 5.41) is 2.83. The summed E-state index contributed by atoms with van der Waals surface area (Å²) in [4.78, 5) is 14.6. The van der Waals surface area contributed by atoms with Crippen LogP contribution in [0.4, 0.5) is 5.69 Å². The number of benzene rings is 1. The largest absolute Gasteiger partial charge is 0.379 e. The molecule has 2 aliphatic rings. The molecule has 2 atom stereocenters. The number of hydrogen-bond acceptors (Lipinski definition) is 6. The normalized spacial score (nSPS) is 25.3. The Kier molecular flexibility index (Phi) is 6.48. The number of nitrogens with one attached hydrogen (secondary N) is 1. The zero-order chi connectivity index (χ0) is 19.4. The summed E-state index contributed by atoms with van der Waals surface area (Å²) in [5.74, 6) is -0.125. The molecule has 2 fully saturated rings. The van der Waals surface area contributed by atoms with Crippen LogP contribution in [-0.4, -0.2) is 81.7 Å². The molecule has 0 unspecified atom stereocenters. The van der Waals surface area contributed by atoms with Gasteiger partial charge in [-0.3, -0.25) is 9.69 Å². The van der Waals surface area contributed by atoms with Gasteiger partial charge in [-0.1, -0.05) is 0 Å². The van der Waals surface area contributed by atoms with Crippen LogP contribution in [0.25, 0.3) is 0 Å². The predicted molar refractivity (Wildman–Crippen MR) is 101 cm³/mol. The van der Waals surface area contributed by atoms with Crippen molar-refractivity contribution in [3.8, 4) is 0 Å². The van der Waals surface area contributed by atoms with Gasteiger partial charge in [-0.15, -0.1) is 0 Å². The van der Waals surface area contributed by atoms with Gasteiger partial charge in [-0.05, 0) is 38.1 Å². The molecule has 0 aromatic heterocycles. The second kappa shape index (κ2) is 8.66. The van der Waals surface area contributed by atoms with Gasteiger partial charge in [0, 0.05) is 31.9 Å². The van der Waals surface area contributed by atoms with Crippen LogP contribution in [-0.2, 0) is 24.3 Å². The second-order valence-corrected chi connectivity index (χ2v) is 8.98. The third kappa shape index (κ3) is 5.26. The Bertz CT molecular complexity index is 737. The van der Waals surface area contributed by atoms with Gasteiger partial charge in [0.2, 0.25) is 15.9 Å². The van der Waals surface area contributed by atoms with Crippen molar-refractivity contribution in [1.29, 1.82) is 0 Å². The molecule has 0 bridgehead atoms. The van der Waals surface area contributed by atoms with E-state index in [2.05, 4.69) is 10.2 Å². The third-order valence-corrected chi connectivity index (χ3v) is 6.52. The van der Waals surface area contributed by atoms with Crippen molar-refractivity contribution in [3.63, 3.8) is 0 Å². The third-order valence-electron chi connectivity index (χ3n) is 4.61. The Labute approximate surface area is 160 Å². The molecule has 150 valence electrons. The van der Waals surface area contributed by atoms with Gasteiger partial charge in [0.25, 0.3) is 0 Å². The summed E-state index contributed by atoms with van der Waals surface area (Å²) < 4.78 is 37.5. The molecule has 2 aliphatic heterocycles. The molecule has 0 radical (unpaired) electrons. The fourth-order valence-corrected chi connectivity index (χ4v) is 4.87. The van der Waals surface area contributed by atoms with Gasteiger partial charge in [0.15, 0.2) is 0 Å². The molecule has 9 heteroatoms. The summed E-state index contributed by atoms with van der Waals surface area (Å²) in [6, 6.07) is 6.30. The Morgan fingerprint density at radius 1 is 1.11 bits per heavy atom. The number of sulfonamides is 1. The lowest BCUT2D eigenvalue weighted by molar-refractivity contribution is -0.121. The molecule has 27 heavy (non-hydrogen) atoms. The fraction of sp³-hybridized carbons (Fsp3) is 0.611. The molecule has 0 spiro atoms. The number of hydrogen-bond donors (Lipinski definition) is 1. The first-order valence-corrected chi connectivity index (χ1v) is 10.6. The van der Waals surface area contributed by atoms with E-state index in [-0.39, 0.29) is 29.6 Å². The van der Waals surface area contributed by atoms with Gasteiger partial charge in [0.05, 0.1) is 36.9 Å². The summed E-state index contributed by atoms with van der Waals surface area (Å²) >= 11 is 0. The highest BCUT2D eigenvalue weighted by Gasteiger charge is 2.26. The number of amides is 1. The van der Waals surface area contributed by atoms with Crippen LogP contribution >= 0.6 is 0 Å². The zero-order valence-corrected chi connectivity index (χ0v) is 16.6. The van der Waals surface area contributed by atoms with E-state index in [0.29, 0.717) is 45.1 Å². The number of carbonyl (C=O) groups is 1. The number of ether oxygens (including phenoxy) is 2. The van der Waals surface area contributed by atoms with E-state index in [0.717, 1.165) is 0 Å². The highest BCUT2D eigenvalue weighted by molar-refractivity contribution is 7.89. The smallest absolute Gasteiger partial charge is 0.243 e. The van der Waals surface area contributed by atoms with E-state index < -0.39 is 10.0 Å². The second-order valence-electron chi connectivity index (χ2n) is 7.04. The van der Waals surface area contributed by atoms with E-state index in [9.17, 15) is 13.2 Å². The van der Waals surface area contributed by atoms with Crippen molar-refractivity contribution in [3.05, 3.63) is 24.3 Å². The molecule has 2 saturated heterocycles. The van der Waals surface area contributed by atoms with Crippen LogP contribution in [0, 0.1) is 0 Å². The maximum absolute atomic E-state index is 12.6. The SMILES string of the molecule is C[C@@H]1CN(CC(=O)Nc2ccc(S(=O)(=O)N3CCOCC3)cc2)C[C@H](C)O1. The van der Waals surface area contributed by atoms with Crippen molar-refractivity contribution >= 4 is 21.6 Å². The van der Waals surface area contributed by atoms with Crippen LogP contribution in [0.5, 0.6) is 0 Å². The zero-order valence-electron chi connectivity index (χ0n) is 15.8. The van der Waals surface area contributed by atoms with Crippen molar-refractivity contribution in [1.82, 2.24) is 9.21 Å². The molecule has 1 amide bonds. The maximum Gasteiger partial charge on any atom is 0.243 e. The van der Waals surface area contributed by atoms with Gasteiger partial charge < -0.3 is 14.8 Å². The highest BCUT2D eigenvalue weighted by atomic mass is 32.2. The number of morpholine rings is 2. The van der Waals surface area contributed by atoms with E-state index in [1.54, 1.807) is 12.1 Å². The van der Waals surface area contributed by atoms with Crippen LogP contribution in [0.1, 0.15) is 13.8 Å². The van der Waals surface area contributed by atoms with Gasteiger partial charge in [-0.2, -0.15) is 4.31 Å². The minimum absolute atomic E-state index is 0.103. The minimum Gasteiger partial charge on any atom is -0.379 e. The van der Waals surface area contributed by atoms with Gasteiger partial charge >= 0.3 is 0 Å². The van der Waals surface area contributed by atoms with Crippen molar-refractivity contribution < 1.29 is 22.7 Å². The van der Waals surface area contributed by atoms with E-state index in [4.69, 9.17) is 9.47 Å². The molecule has 8 nitrogen and oxygen atoms in total. The molecule has 2 heterocycles. The highest BCUT2D eigenvalue weighted by Crippen LogP contribution is 2.19. The maximum atomic E-state index is 12.6. The first-order chi connectivity index (χ1) is 12.8. The molecule has 1 aromatic rings. The van der Waals surface area contributed by atoms with Crippen molar-refractivity contribution in [2.75, 3.05) is 51.3 Å². The number of rotatable bonds is 5. The topological polar surface area (TPSA) is 88.2 Å². The minimum atomic E-state index is -3.52. The van der Waals surface area contributed by atoms with Gasteiger partial charge in [-0.25, -0.2) is 8.42 Å². The molecule has 0 saturated carbocycles. The van der Waals surface area contributed by atoms with E-state index >= 15 is 0 Å². The molecule has 1 N–H and O–H groups in total. The fourth-order valence-electron chi connectivity index (χ4n) is 3.46. The molecular formula is C18H27N3O5S. The van der Waals surface area contributed by atoms with Crippen LogP contribution in [0.3, 0.4) is 0 Å². The van der Waals surface area contributed by atoms with E-state index in [1.165, 1.54) is 16.4 Å². The Hall–Kier alpha value is -1.52. The average molecular weight is 397 g/mol. The summed E-state index contributed by atoms with van der Waals surface area (Å²) in [7, 11) is -3.52.